The first-order chi connectivity index (χ1) is 7.10. The summed E-state index contributed by atoms with van der Waals surface area (Å²) in [6, 6.07) is 3.38. The molecule has 0 aliphatic heterocycles. The fourth-order valence-electron chi connectivity index (χ4n) is 1.10. The van der Waals surface area contributed by atoms with Gasteiger partial charge in [-0.25, -0.2) is 13.8 Å². The maximum Gasteiger partial charge on any atom is 0.280 e. The minimum absolute atomic E-state index is 0.0310. The lowest BCUT2D eigenvalue weighted by Gasteiger charge is -2.08. The van der Waals surface area contributed by atoms with Gasteiger partial charge in [0.25, 0.3) is 6.43 Å². The number of hydrogen-bond acceptors (Lipinski definition) is 2. The molecule has 0 bridgehead atoms. The van der Waals surface area contributed by atoms with E-state index in [1.807, 2.05) is 6.07 Å². The molecular formula is C9H6BrClF2N2. The molecule has 0 atom stereocenters. The van der Waals surface area contributed by atoms with E-state index in [0.717, 1.165) is 0 Å². The van der Waals surface area contributed by atoms with E-state index in [9.17, 15) is 8.78 Å². The zero-order valence-corrected chi connectivity index (χ0v) is 9.82. The summed E-state index contributed by atoms with van der Waals surface area (Å²) in [6.07, 6.45) is -2.60. The Morgan fingerprint density at radius 3 is 2.67 bits per heavy atom. The molecule has 1 rings (SSSR count). The topological polar surface area (TPSA) is 36.7 Å². The summed E-state index contributed by atoms with van der Waals surface area (Å²) in [4.78, 5) is 3.60. The standard InChI is InChI=1S/C9H6BrClF2N2/c10-4-6-3-5(1-2-14)8(11)15-7(6)9(12)13/h3,9H,1,4H2. The van der Waals surface area contributed by atoms with Crippen molar-refractivity contribution >= 4 is 27.5 Å². The fraction of sp³-hybridized carbons (Fsp3) is 0.333. The Bertz CT molecular complexity index is 404. The predicted octanol–water partition coefficient (Wildman–Crippen LogP) is 3.63. The normalized spacial score (nSPS) is 10.4. The molecule has 0 radical (unpaired) electrons. The molecule has 15 heavy (non-hydrogen) atoms. The molecule has 0 saturated carbocycles. The highest BCUT2D eigenvalue weighted by molar-refractivity contribution is 9.08. The second kappa shape index (κ2) is 5.38. The van der Waals surface area contributed by atoms with E-state index in [1.54, 1.807) is 0 Å². The summed E-state index contributed by atoms with van der Waals surface area (Å²) >= 11 is 8.76. The van der Waals surface area contributed by atoms with Gasteiger partial charge in [-0.15, -0.1) is 0 Å². The predicted molar refractivity (Wildman–Crippen MR) is 56.2 cm³/mol. The molecule has 0 amide bonds. The van der Waals surface area contributed by atoms with Gasteiger partial charge in [-0.05, 0) is 11.6 Å². The molecule has 0 aromatic carbocycles. The van der Waals surface area contributed by atoms with Crippen LogP contribution in [0.15, 0.2) is 6.07 Å². The molecule has 2 nitrogen and oxygen atoms in total. The molecule has 1 aromatic heterocycles. The number of nitrogens with zero attached hydrogens (tertiary/aromatic N) is 2. The summed E-state index contributed by atoms with van der Waals surface area (Å²) in [5.74, 6) is 0. The zero-order chi connectivity index (χ0) is 11.4. The van der Waals surface area contributed by atoms with E-state index >= 15 is 0 Å². The van der Waals surface area contributed by atoms with E-state index in [1.165, 1.54) is 6.07 Å². The second-order valence-corrected chi connectivity index (χ2v) is 3.67. The maximum atomic E-state index is 12.5. The molecule has 1 aromatic rings. The Morgan fingerprint density at radius 2 is 2.20 bits per heavy atom. The Balaban J connectivity index is 3.24. The van der Waals surface area contributed by atoms with Gasteiger partial charge in [0.05, 0.1) is 12.5 Å². The van der Waals surface area contributed by atoms with Crippen molar-refractivity contribution in [2.24, 2.45) is 0 Å². The van der Waals surface area contributed by atoms with Crippen molar-refractivity contribution < 1.29 is 8.78 Å². The van der Waals surface area contributed by atoms with Gasteiger partial charge < -0.3 is 0 Å². The van der Waals surface area contributed by atoms with Gasteiger partial charge >= 0.3 is 0 Å². The minimum Gasteiger partial charge on any atom is -0.234 e. The van der Waals surface area contributed by atoms with E-state index in [0.29, 0.717) is 11.1 Å². The third-order valence-electron chi connectivity index (χ3n) is 1.78. The monoisotopic (exact) mass is 294 g/mol. The third-order valence-corrected chi connectivity index (χ3v) is 2.71. The third kappa shape index (κ3) is 2.86. The van der Waals surface area contributed by atoms with Crippen molar-refractivity contribution in [1.29, 1.82) is 5.26 Å². The lowest BCUT2D eigenvalue weighted by atomic mass is 10.1. The van der Waals surface area contributed by atoms with Gasteiger partial charge in [-0.1, -0.05) is 27.5 Å². The van der Waals surface area contributed by atoms with Crippen molar-refractivity contribution in [3.05, 3.63) is 28.0 Å². The number of pyridine rings is 1. The number of aromatic nitrogens is 1. The van der Waals surface area contributed by atoms with E-state index in [-0.39, 0.29) is 22.6 Å². The van der Waals surface area contributed by atoms with E-state index in [4.69, 9.17) is 16.9 Å². The van der Waals surface area contributed by atoms with Crippen LogP contribution in [0.2, 0.25) is 5.15 Å². The molecule has 80 valence electrons. The van der Waals surface area contributed by atoms with Crippen LogP contribution in [0.3, 0.4) is 0 Å². The number of halogens is 4. The number of hydrogen-bond donors (Lipinski definition) is 0. The van der Waals surface area contributed by atoms with E-state index in [2.05, 4.69) is 20.9 Å². The SMILES string of the molecule is N#CCc1cc(CBr)c(C(F)F)nc1Cl. The average Bonchev–Trinajstić information content (AvgIpc) is 2.20. The molecule has 0 unspecified atom stereocenters. The summed E-state index contributed by atoms with van der Waals surface area (Å²) in [6.45, 7) is 0. The molecular weight excluding hydrogens is 289 g/mol. The smallest absolute Gasteiger partial charge is 0.234 e. The number of nitriles is 1. The number of rotatable bonds is 3. The van der Waals surface area contributed by atoms with Crippen LogP contribution in [0.5, 0.6) is 0 Å². The molecule has 0 fully saturated rings. The Morgan fingerprint density at radius 1 is 1.53 bits per heavy atom. The Labute approximate surface area is 99.0 Å². The molecule has 1 heterocycles. The van der Waals surface area contributed by atoms with Crippen molar-refractivity contribution in [3.63, 3.8) is 0 Å². The van der Waals surface area contributed by atoms with Crippen molar-refractivity contribution in [3.8, 4) is 6.07 Å². The van der Waals surface area contributed by atoms with Crippen LogP contribution in [-0.2, 0) is 11.8 Å². The molecule has 0 N–H and O–H groups in total. The van der Waals surface area contributed by atoms with Crippen LogP contribution in [0.4, 0.5) is 8.78 Å². The van der Waals surface area contributed by atoms with Gasteiger partial charge in [0, 0.05) is 10.9 Å². The Hall–Kier alpha value is -0.730. The highest BCUT2D eigenvalue weighted by atomic mass is 79.9. The minimum atomic E-state index is -2.66. The Kier molecular flexibility index (Phi) is 4.43. The van der Waals surface area contributed by atoms with Gasteiger partial charge in [0.1, 0.15) is 10.8 Å². The fourth-order valence-corrected chi connectivity index (χ4v) is 1.76. The van der Waals surface area contributed by atoms with Crippen LogP contribution in [0, 0.1) is 11.3 Å². The van der Waals surface area contributed by atoms with Gasteiger partial charge in [0.2, 0.25) is 0 Å². The lowest BCUT2D eigenvalue weighted by molar-refractivity contribution is 0.145. The largest absolute Gasteiger partial charge is 0.280 e. The summed E-state index contributed by atoms with van der Waals surface area (Å²) in [5, 5.41) is 8.72. The van der Waals surface area contributed by atoms with Crippen LogP contribution < -0.4 is 0 Å². The summed E-state index contributed by atoms with van der Waals surface area (Å²) in [7, 11) is 0. The maximum absolute atomic E-state index is 12.5. The molecule has 0 spiro atoms. The zero-order valence-electron chi connectivity index (χ0n) is 7.48. The van der Waals surface area contributed by atoms with Crippen molar-refractivity contribution in [1.82, 2.24) is 4.98 Å². The average molecular weight is 296 g/mol. The summed E-state index contributed by atoms with van der Waals surface area (Å²) < 4.78 is 25.0. The molecule has 0 aliphatic carbocycles. The highest BCUT2D eigenvalue weighted by Gasteiger charge is 2.17. The van der Waals surface area contributed by atoms with E-state index < -0.39 is 6.43 Å². The van der Waals surface area contributed by atoms with Crippen LogP contribution in [0.1, 0.15) is 23.2 Å². The van der Waals surface area contributed by atoms with Crippen LogP contribution in [-0.4, -0.2) is 4.98 Å². The quantitative estimate of drug-likeness (QED) is 0.630. The van der Waals surface area contributed by atoms with Gasteiger partial charge in [0.15, 0.2) is 0 Å². The molecule has 0 aliphatic rings. The first-order valence-corrected chi connectivity index (χ1v) is 5.49. The van der Waals surface area contributed by atoms with Gasteiger partial charge in [-0.2, -0.15) is 5.26 Å². The first-order valence-electron chi connectivity index (χ1n) is 3.99. The second-order valence-electron chi connectivity index (χ2n) is 2.75. The van der Waals surface area contributed by atoms with Crippen LogP contribution >= 0.6 is 27.5 Å². The summed E-state index contributed by atoms with van der Waals surface area (Å²) in [5.41, 5.74) is 0.497. The lowest BCUT2D eigenvalue weighted by Crippen LogP contribution is -2.00. The first kappa shape index (κ1) is 12.3. The number of alkyl halides is 3. The van der Waals surface area contributed by atoms with Crippen molar-refractivity contribution in [2.45, 2.75) is 18.2 Å². The molecule has 6 heteroatoms. The van der Waals surface area contributed by atoms with Crippen LogP contribution in [0.25, 0.3) is 0 Å². The van der Waals surface area contributed by atoms with Gasteiger partial charge in [-0.3, -0.25) is 0 Å². The van der Waals surface area contributed by atoms with Crippen molar-refractivity contribution in [2.75, 3.05) is 0 Å². The molecule has 0 saturated heterocycles. The highest BCUT2D eigenvalue weighted by Crippen LogP contribution is 2.27.